The smallest absolute Gasteiger partial charge is 0.409 e. The summed E-state index contributed by atoms with van der Waals surface area (Å²) in [5.74, 6) is 4.50. The van der Waals surface area contributed by atoms with E-state index in [0.29, 0.717) is 49.8 Å². The molecule has 0 aromatic heterocycles. The Bertz CT molecular complexity index is 1600. The molecule has 0 bridgehead atoms. The summed E-state index contributed by atoms with van der Waals surface area (Å²) in [7, 11) is 2.19. The van der Waals surface area contributed by atoms with Crippen molar-refractivity contribution in [2.45, 2.75) is 292 Å². The summed E-state index contributed by atoms with van der Waals surface area (Å²) in [6, 6.07) is 0. The standard InChI is InChI=1S/C65H116N2O6/c1-9-11-13-15-16-22-31-55(30-21-14-12-10-2)72-61(68)32-23-17-19-25-45-67(63(70)71-49-42-53-40-47-66(8)48-41-53)46-26-20-18-24-33-62(69)73-56-38-43-64(6)54(50-56)34-35-57-59-37-36-58(52(5)29-27-28-51(3)4)65(59,7)44-39-60(57)64/h34-35,51-53,55-56,58-60,62,69H,9-33,36-50H2,1-8H3. The minimum atomic E-state index is -0.724. The molecule has 5 aliphatic rings. The molecule has 1 saturated heterocycles. The minimum Gasteiger partial charge on any atom is -0.462 e. The number of ether oxygens (including phenoxy) is 3. The van der Waals surface area contributed by atoms with Gasteiger partial charge in [-0.05, 0) is 188 Å². The molecule has 73 heavy (non-hydrogen) atoms. The summed E-state index contributed by atoms with van der Waals surface area (Å²) in [4.78, 5) is 30.8. The van der Waals surface area contributed by atoms with E-state index in [1.54, 1.807) is 11.1 Å². The first-order valence-electron chi connectivity index (χ1n) is 31.8. The van der Waals surface area contributed by atoms with Gasteiger partial charge in [0.05, 0.1) is 12.7 Å². The average molecular weight is 1020 g/mol. The molecule has 0 aromatic rings. The number of carbonyl (C=O) groups excluding carboxylic acids is 2. The van der Waals surface area contributed by atoms with Crippen molar-refractivity contribution < 1.29 is 28.9 Å². The van der Waals surface area contributed by atoms with Crippen LogP contribution < -0.4 is 0 Å². The Kier molecular flexibility index (Phi) is 28.3. The number of likely N-dealkylation sites (tertiary alicyclic amines) is 1. The van der Waals surface area contributed by atoms with Gasteiger partial charge in [-0.25, -0.2) is 4.79 Å². The summed E-state index contributed by atoms with van der Waals surface area (Å²) in [6.07, 6.45) is 43.5. The molecule has 3 saturated carbocycles. The van der Waals surface area contributed by atoms with Gasteiger partial charge in [-0.1, -0.05) is 168 Å². The summed E-state index contributed by atoms with van der Waals surface area (Å²) >= 11 is 0. The third-order valence-electron chi connectivity index (χ3n) is 19.7. The monoisotopic (exact) mass is 1020 g/mol. The third kappa shape index (κ3) is 20.4. The van der Waals surface area contributed by atoms with Crippen molar-refractivity contribution in [1.29, 1.82) is 0 Å². The number of allylic oxidation sites excluding steroid dienone is 3. The second-order valence-corrected chi connectivity index (χ2v) is 25.9. The summed E-state index contributed by atoms with van der Waals surface area (Å²) in [5, 5.41) is 11.1. The molecule has 9 unspecified atom stereocenters. The van der Waals surface area contributed by atoms with Crippen LogP contribution in [0, 0.1) is 46.3 Å². The number of hydrogen-bond donors (Lipinski definition) is 1. The number of amides is 1. The number of aliphatic hydroxyl groups excluding tert-OH is 1. The molecule has 1 aliphatic heterocycles. The van der Waals surface area contributed by atoms with Crippen molar-refractivity contribution in [3.63, 3.8) is 0 Å². The molecule has 4 aliphatic carbocycles. The van der Waals surface area contributed by atoms with E-state index >= 15 is 0 Å². The molecule has 9 atom stereocenters. The average Bonchev–Trinajstić information content (AvgIpc) is 3.73. The van der Waals surface area contributed by atoms with Crippen LogP contribution in [0.5, 0.6) is 0 Å². The van der Waals surface area contributed by atoms with E-state index in [9.17, 15) is 14.7 Å². The number of unbranched alkanes of at least 4 members (excludes halogenated alkanes) is 14. The minimum absolute atomic E-state index is 0.0315. The van der Waals surface area contributed by atoms with E-state index in [4.69, 9.17) is 14.2 Å². The lowest BCUT2D eigenvalue weighted by Gasteiger charge is -2.55. The Labute approximate surface area is 450 Å². The molecular weight excluding hydrogens is 905 g/mol. The fraction of sp³-hybridized carbons (Fsp3) is 0.908. The third-order valence-corrected chi connectivity index (χ3v) is 19.7. The molecule has 8 heteroatoms. The van der Waals surface area contributed by atoms with Gasteiger partial charge >= 0.3 is 12.1 Å². The van der Waals surface area contributed by atoms with Gasteiger partial charge in [0.15, 0.2) is 6.29 Å². The SMILES string of the molecule is CCCCCCCCC(CCCCCC)OC(=O)CCCCCCN(CCCCCCC(O)OC1CCC2(C)C(=CC=C3C2CCC2(C)C3CCC2C(C)CCCC(C)C)C1)C(=O)OCCC1CCN(C)CC1. The van der Waals surface area contributed by atoms with Gasteiger partial charge in [-0.2, -0.15) is 0 Å². The van der Waals surface area contributed by atoms with Crippen molar-refractivity contribution in [3.05, 3.63) is 23.3 Å². The van der Waals surface area contributed by atoms with Crippen molar-refractivity contribution in [2.75, 3.05) is 39.8 Å². The van der Waals surface area contributed by atoms with Crippen molar-refractivity contribution in [2.24, 2.45) is 46.3 Å². The van der Waals surface area contributed by atoms with E-state index in [0.717, 1.165) is 139 Å². The van der Waals surface area contributed by atoms with E-state index in [1.165, 1.54) is 109 Å². The van der Waals surface area contributed by atoms with Crippen LogP contribution in [-0.4, -0.2) is 85.3 Å². The highest BCUT2D eigenvalue weighted by Crippen LogP contribution is 2.66. The van der Waals surface area contributed by atoms with Crippen molar-refractivity contribution in [1.82, 2.24) is 9.80 Å². The number of piperidine rings is 1. The van der Waals surface area contributed by atoms with Crippen molar-refractivity contribution in [3.8, 4) is 0 Å². The van der Waals surface area contributed by atoms with Crippen LogP contribution in [-0.2, 0) is 19.0 Å². The maximum atomic E-state index is 13.5. The lowest BCUT2D eigenvalue weighted by atomic mass is 9.50. The molecule has 8 nitrogen and oxygen atoms in total. The Morgan fingerprint density at radius 2 is 1.33 bits per heavy atom. The molecule has 0 radical (unpaired) electrons. The Hall–Kier alpha value is -1.90. The summed E-state index contributed by atoms with van der Waals surface area (Å²) < 4.78 is 18.4. The zero-order valence-corrected chi connectivity index (χ0v) is 49.0. The first kappa shape index (κ1) is 61.9. The normalized spacial score (nSPS) is 26.6. The maximum Gasteiger partial charge on any atom is 0.409 e. The lowest BCUT2D eigenvalue weighted by Crippen LogP contribution is -2.47. The number of carbonyl (C=O) groups is 2. The molecule has 0 aromatic carbocycles. The van der Waals surface area contributed by atoms with Crippen LogP contribution in [0.2, 0.25) is 0 Å². The van der Waals surface area contributed by atoms with Crippen LogP contribution in [0.3, 0.4) is 0 Å². The molecule has 1 heterocycles. The molecule has 422 valence electrons. The molecule has 5 rings (SSSR count). The molecule has 1 amide bonds. The fourth-order valence-electron chi connectivity index (χ4n) is 14.8. The molecule has 4 fully saturated rings. The zero-order chi connectivity index (χ0) is 52.5. The number of esters is 1. The van der Waals surface area contributed by atoms with E-state index in [-0.39, 0.29) is 29.7 Å². The second-order valence-electron chi connectivity index (χ2n) is 25.9. The molecule has 0 spiro atoms. The van der Waals surface area contributed by atoms with E-state index in [2.05, 4.69) is 72.6 Å². The van der Waals surface area contributed by atoms with Gasteiger partial charge in [-0.3, -0.25) is 4.79 Å². The number of nitrogens with zero attached hydrogens (tertiary/aromatic N) is 2. The summed E-state index contributed by atoms with van der Waals surface area (Å²) in [6.45, 7) is 21.2. The van der Waals surface area contributed by atoms with Crippen LogP contribution in [0.4, 0.5) is 4.79 Å². The Morgan fingerprint density at radius 3 is 2.01 bits per heavy atom. The van der Waals surface area contributed by atoms with Crippen LogP contribution in [0.1, 0.15) is 273 Å². The molecule has 1 N–H and O–H groups in total. The quantitative estimate of drug-likeness (QED) is 0.0377. The fourth-order valence-corrected chi connectivity index (χ4v) is 14.8. The number of hydrogen-bond acceptors (Lipinski definition) is 7. The topological polar surface area (TPSA) is 88.5 Å². The van der Waals surface area contributed by atoms with Crippen LogP contribution in [0.25, 0.3) is 0 Å². The maximum absolute atomic E-state index is 13.5. The summed E-state index contributed by atoms with van der Waals surface area (Å²) in [5.41, 5.74) is 4.02. The Morgan fingerprint density at radius 1 is 0.699 bits per heavy atom. The van der Waals surface area contributed by atoms with Crippen LogP contribution >= 0.6 is 0 Å². The number of rotatable bonds is 37. The van der Waals surface area contributed by atoms with Crippen molar-refractivity contribution >= 4 is 12.1 Å². The highest BCUT2D eigenvalue weighted by atomic mass is 16.6. The first-order valence-corrected chi connectivity index (χ1v) is 31.8. The first-order chi connectivity index (χ1) is 35.3. The zero-order valence-electron chi connectivity index (χ0n) is 49.0. The lowest BCUT2D eigenvalue weighted by molar-refractivity contribution is -0.150. The van der Waals surface area contributed by atoms with Gasteiger partial charge in [0.25, 0.3) is 0 Å². The number of aliphatic hydroxyl groups is 1. The van der Waals surface area contributed by atoms with Gasteiger partial charge in [0, 0.05) is 19.5 Å². The molecular formula is C65H116N2O6. The predicted octanol–water partition coefficient (Wildman–Crippen LogP) is 17.4. The van der Waals surface area contributed by atoms with Gasteiger partial charge in [0.2, 0.25) is 0 Å². The van der Waals surface area contributed by atoms with Gasteiger partial charge in [0.1, 0.15) is 6.10 Å². The number of fused-ring (bicyclic) bond motifs is 5. The second kappa shape index (κ2) is 33.4. The predicted molar refractivity (Wildman–Crippen MR) is 304 cm³/mol. The van der Waals surface area contributed by atoms with E-state index in [1.807, 2.05) is 4.90 Å². The largest absolute Gasteiger partial charge is 0.462 e. The highest BCUT2D eigenvalue weighted by molar-refractivity contribution is 5.69. The van der Waals surface area contributed by atoms with Crippen LogP contribution in [0.15, 0.2) is 23.3 Å². The highest BCUT2D eigenvalue weighted by Gasteiger charge is 2.57. The van der Waals surface area contributed by atoms with E-state index < -0.39 is 6.29 Å². The Balaban J connectivity index is 1.00. The van der Waals surface area contributed by atoms with Gasteiger partial charge < -0.3 is 29.1 Å². The van der Waals surface area contributed by atoms with Gasteiger partial charge in [-0.15, -0.1) is 0 Å².